The van der Waals surface area contributed by atoms with Crippen LogP contribution < -0.4 is 4.90 Å². The minimum atomic E-state index is -0.538. The summed E-state index contributed by atoms with van der Waals surface area (Å²) in [4.78, 5) is 2.44. The Morgan fingerprint density at radius 1 is 0.284 bits per heavy atom. The van der Waals surface area contributed by atoms with Crippen molar-refractivity contribution in [2.24, 2.45) is 0 Å². The SMILES string of the molecule is c1ccc(-c2ccc(N(c3ccc4c(c3)C3(c5ccccc5-c5ccccc53)c3cc(-c5ccc6c(c5)c5ccccc5n6-c5ccccc5)ccc3-4)c3ccc4ccccc4c3)cc2)cc1. The van der Waals surface area contributed by atoms with Crippen LogP contribution in [-0.4, -0.2) is 4.57 Å². The van der Waals surface area contributed by atoms with Crippen LogP contribution in [0.1, 0.15) is 22.3 Å². The van der Waals surface area contributed by atoms with Crippen molar-refractivity contribution in [1.82, 2.24) is 4.57 Å². The highest BCUT2D eigenvalue weighted by Crippen LogP contribution is 2.64. The summed E-state index contributed by atoms with van der Waals surface area (Å²) in [5.74, 6) is 0. The van der Waals surface area contributed by atoms with Crippen LogP contribution in [0.5, 0.6) is 0 Å². The average Bonchev–Trinajstić information content (AvgIpc) is 4.00. The Balaban J connectivity index is 0.982. The van der Waals surface area contributed by atoms with E-state index in [1.54, 1.807) is 0 Å². The van der Waals surface area contributed by atoms with Crippen LogP contribution in [0.2, 0.25) is 0 Å². The van der Waals surface area contributed by atoms with Gasteiger partial charge >= 0.3 is 0 Å². The van der Waals surface area contributed by atoms with Crippen LogP contribution in [0.3, 0.4) is 0 Å². The number of hydrogen-bond acceptors (Lipinski definition) is 1. The first-order chi connectivity index (χ1) is 33.2. The van der Waals surface area contributed by atoms with Gasteiger partial charge in [0.2, 0.25) is 0 Å². The molecule has 67 heavy (non-hydrogen) atoms. The van der Waals surface area contributed by atoms with Crippen LogP contribution in [0.4, 0.5) is 17.1 Å². The Morgan fingerprint density at radius 3 is 1.57 bits per heavy atom. The Kier molecular flexibility index (Phi) is 8.23. The standard InChI is InChI=1S/C65H42N2/c1-3-15-43(16-4-1)45-27-32-50(33-28-45)66(51-34-29-44-17-7-8-18-46(44)39-51)52-35-37-56-55-36-30-48(41-61(55)65(62(56)42-52)59-24-12-9-21-53(59)54-22-10-13-25-60(54)65)47-31-38-64-58(40-47)57-23-11-14-26-63(57)67(64)49-19-5-2-6-20-49/h1-42H. The minimum absolute atomic E-state index is 0.538. The second-order valence-corrected chi connectivity index (χ2v) is 18.0. The smallest absolute Gasteiger partial charge is 0.0726 e. The first-order valence-corrected chi connectivity index (χ1v) is 23.2. The fourth-order valence-electron chi connectivity index (χ4n) is 11.7. The Morgan fingerprint density at radius 2 is 0.791 bits per heavy atom. The molecule has 2 heteroatoms. The zero-order valence-corrected chi connectivity index (χ0v) is 36.6. The molecule has 14 rings (SSSR count). The van der Waals surface area contributed by atoms with Crippen LogP contribution >= 0.6 is 0 Å². The molecule has 2 nitrogen and oxygen atoms in total. The van der Waals surface area contributed by atoms with Gasteiger partial charge in [-0.25, -0.2) is 0 Å². The molecular weight excluding hydrogens is 809 g/mol. The van der Waals surface area contributed by atoms with E-state index in [-0.39, 0.29) is 0 Å². The molecule has 0 amide bonds. The number of anilines is 3. The van der Waals surface area contributed by atoms with Crippen molar-refractivity contribution in [1.29, 1.82) is 0 Å². The molecule has 0 fully saturated rings. The summed E-state index contributed by atoms with van der Waals surface area (Å²) in [7, 11) is 0. The molecule has 312 valence electrons. The van der Waals surface area contributed by atoms with E-state index < -0.39 is 5.41 Å². The summed E-state index contributed by atoms with van der Waals surface area (Å²) in [5.41, 5.74) is 21.7. The van der Waals surface area contributed by atoms with Gasteiger partial charge in [0, 0.05) is 33.5 Å². The molecule has 0 aliphatic heterocycles. The summed E-state index contributed by atoms with van der Waals surface area (Å²) in [6, 6.07) is 94.5. The van der Waals surface area contributed by atoms with Crippen molar-refractivity contribution in [2.75, 3.05) is 4.90 Å². The van der Waals surface area contributed by atoms with Gasteiger partial charge in [0.1, 0.15) is 0 Å². The van der Waals surface area contributed by atoms with E-state index in [1.165, 1.54) is 105 Å². The summed E-state index contributed by atoms with van der Waals surface area (Å²) in [5, 5.41) is 4.95. The first-order valence-electron chi connectivity index (χ1n) is 23.2. The van der Waals surface area contributed by atoms with E-state index in [0.29, 0.717) is 0 Å². The van der Waals surface area contributed by atoms with Crippen molar-refractivity contribution in [2.45, 2.75) is 5.41 Å². The molecule has 0 saturated heterocycles. The highest BCUT2D eigenvalue weighted by atomic mass is 15.1. The monoisotopic (exact) mass is 850 g/mol. The molecule has 2 aliphatic carbocycles. The van der Waals surface area contributed by atoms with Gasteiger partial charge in [-0.3, -0.25) is 0 Å². The van der Waals surface area contributed by atoms with Gasteiger partial charge in [0.25, 0.3) is 0 Å². The molecule has 0 radical (unpaired) electrons. The maximum atomic E-state index is 2.51. The lowest BCUT2D eigenvalue weighted by Crippen LogP contribution is -2.26. The third-order valence-electron chi connectivity index (χ3n) is 14.6. The summed E-state index contributed by atoms with van der Waals surface area (Å²) in [6.07, 6.45) is 0. The maximum absolute atomic E-state index is 2.51. The highest BCUT2D eigenvalue weighted by Gasteiger charge is 2.52. The van der Waals surface area contributed by atoms with Crippen LogP contribution in [0, 0.1) is 0 Å². The summed E-state index contributed by atoms with van der Waals surface area (Å²) >= 11 is 0. The van der Waals surface area contributed by atoms with Gasteiger partial charge in [0.15, 0.2) is 0 Å². The van der Waals surface area contributed by atoms with Gasteiger partial charge in [0.05, 0.1) is 16.4 Å². The van der Waals surface area contributed by atoms with E-state index >= 15 is 0 Å². The first kappa shape index (κ1) is 37.6. The molecule has 0 unspecified atom stereocenters. The number of nitrogens with zero attached hydrogens (tertiary/aromatic N) is 2. The van der Waals surface area contributed by atoms with Crippen LogP contribution in [0.15, 0.2) is 255 Å². The number of rotatable bonds is 6. The largest absolute Gasteiger partial charge is 0.310 e. The molecular formula is C65H42N2. The van der Waals surface area contributed by atoms with Crippen molar-refractivity contribution in [3.05, 3.63) is 277 Å². The minimum Gasteiger partial charge on any atom is -0.310 e. The van der Waals surface area contributed by atoms with Gasteiger partial charge in [-0.1, -0.05) is 182 Å². The predicted octanol–water partition coefficient (Wildman–Crippen LogP) is 17.1. The fourth-order valence-corrected chi connectivity index (χ4v) is 11.7. The van der Waals surface area contributed by atoms with E-state index in [9.17, 15) is 0 Å². The summed E-state index contributed by atoms with van der Waals surface area (Å²) < 4.78 is 2.39. The topological polar surface area (TPSA) is 8.17 Å². The fraction of sp³-hybridized carbons (Fsp3) is 0.0154. The van der Waals surface area contributed by atoms with Gasteiger partial charge in [-0.05, 0) is 150 Å². The maximum Gasteiger partial charge on any atom is 0.0726 e. The molecule has 1 spiro atoms. The van der Waals surface area contributed by atoms with Crippen molar-refractivity contribution < 1.29 is 0 Å². The quantitative estimate of drug-likeness (QED) is 0.162. The molecule has 0 bridgehead atoms. The molecule has 2 aliphatic rings. The zero-order chi connectivity index (χ0) is 44.1. The van der Waals surface area contributed by atoms with E-state index in [1.807, 2.05) is 0 Å². The number of aromatic nitrogens is 1. The Hall–Kier alpha value is -8.72. The molecule has 1 aromatic heterocycles. The zero-order valence-electron chi connectivity index (χ0n) is 36.6. The molecule has 1 heterocycles. The second kappa shape index (κ2) is 14.7. The Bertz CT molecular complexity index is 3870. The Labute approximate surface area is 389 Å². The third kappa shape index (κ3) is 5.57. The molecule has 11 aromatic carbocycles. The number of para-hydroxylation sites is 2. The normalized spacial score (nSPS) is 12.9. The van der Waals surface area contributed by atoms with Crippen LogP contribution in [0.25, 0.3) is 82.8 Å². The number of benzene rings is 11. The number of fused-ring (bicyclic) bond motifs is 14. The third-order valence-corrected chi connectivity index (χ3v) is 14.6. The molecule has 0 N–H and O–H groups in total. The lowest BCUT2D eigenvalue weighted by Gasteiger charge is -2.32. The van der Waals surface area contributed by atoms with E-state index in [0.717, 1.165) is 17.1 Å². The number of hydrogen-bond donors (Lipinski definition) is 0. The molecule has 12 aromatic rings. The van der Waals surface area contributed by atoms with Gasteiger partial charge in [-0.15, -0.1) is 0 Å². The average molecular weight is 851 g/mol. The molecule has 0 saturated carbocycles. The van der Waals surface area contributed by atoms with Crippen molar-refractivity contribution >= 4 is 49.6 Å². The second-order valence-electron chi connectivity index (χ2n) is 18.0. The molecule has 0 atom stereocenters. The highest BCUT2D eigenvalue weighted by molar-refractivity contribution is 6.10. The van der Waals surface area contributed by atoms with Crippen molar-refractivity contribution in [3.63, 3.8) is 0 Å². The lowest BCUT2D eigenvalue weighted by atomic mass is 9.70. The van der Waals surface area contributed by atoms with Gasteiger partial charge in [-0.2, -0.15) is 0 Å². The van der Waals surface area contributed by atoms with Gasteiger partial charge < -0.3 is 9.47 Å². The lowest BCUT2D eigenvalue weighted by molar-refractivity contribution is 0.794. The predicted molar refractivity (Wildman–Crippen MR) is 280 cm³/mol. The van der Waals surface area contributed by atoms with Crippen LogP contribution in [-0.2, 0) is 5.41 Å². The van der Waals surface area contributed by atoms with E-state index in [2.05, 4.69) is 264 Å². The van der Waals surface area contributed by atoms with Crippen molar-refractivity contribution in [3.8, 4) is 50.2 Å². The summed E-state index contributed by atoms with van der Waals surface area (Å²) in [6.45, 7) is 0. The van der Waals surface area contributed by atoms with E-state index in [4.69, 9.17) is 0 Å².